The molecule has 0 aliphatic carbocycles. The van der Waals surface area contributed by atoms with Gasteiger partial charge in [-0.15, -0.1) is 0 Å². The second-order valence-electron chi connectivity index (χ2n) is 4.58. The molecule has 1 aromatic carbocycles. The summed E-state index contributed by atoms with van der Waals surface area (Å²) in [6.45, 7) is 1.18. The van der Waals surface area contributed by atoms with Crippen molar-refractivity contribution in [1.29, 1.82) is 0 Å². The van der Waals surface area contributed by atoms with E-state index in [-0.39, 0.29) is 5.78 Å². The van der Waals surface area contributed by atoms with E-state index in [0.29, 0.717) is 12.1 Å². The molecule has 1 heterocycles. The van der Waals surface area contributed by atoms with Crippen LogP contribution < -0.4 is 4.74 Å². The molecule has 0 atom stereocenters. The van der Waals surface area contributed by atoms with Crippen LogP contribution in [0.2, 0.25) is 0 Å². The molecule has 0 amide bonds. The smallest absolute Gasteiger partial charge is 0.176 e. The molecular formula is C15H16BrNO2S. The van der Waals surface area contributed by atoms with Crippen LogP contribution in [0.1, 0.15) is 15.9 Å². The quantitative estimate of drug-likeness (QED) is 0.739. The van der Waals surface area contributed by atoms with E-state index in [1.165, 1.54) is 5.56 Å². The van der Waals surface area contributed by atoms with Gasteiger partial charge in [-0.2, -0.15) is 11.3 Å². The zero-order valence-corrected chi connectivity index (χ0v) is 13.8. The third kappa shape index (κ3) is 3.91. The number of rotatable bonds is 6. The summed E-state index contributed by atoms with van der Waals surface area (Å²) in [5, 5.41) is 4.15. The van der Waals surface area contributed by atoms with Crippen LogP contribution in [0.5, 0.6) is 5.75 Å². The fourth-order valence-corrected chi connectivity index (χ4v) is 3.13. The fourth-order valence-electron chi connectivity index (χ4n) is 1.93. The highest BCUT2D eigenvalue weighted by molar-refractivity contribution is 9.10. The van der Waals surface area contributed by atoms with Gasteiger partial charge >= 0.3 is 0 Å². The minimum absolute atomic E-state index is 0.103. The molecule has 0 aliphatic heterocycles. The first kappa shape index (κ1) is 15.2. The summed E-state index contributed by atoms with van der Waals surface area (Å²) in [4.78, 5) is 14.3. The number of ketones is 1. The van der Waals surface area contributed by atoms with Crippen molar-refractivity contribution in [3.63, 3.8) is 0 Å². The Kier molecular flexibility index (Phi) is 5.34. The lowest BCUT2D eigenvalue weighted by Gasteiger charge is -2.15. The van der Waals surface area contributed by atoms with Crippen molar-refractivity contribution in [2.75, 3.05) is 20.7 Å². The third-order valence-corrected chi connectivity index (χ3v) is 4.27. The normalized spacial score (nSPS) is 10.8. The van der Waals surface area contributed by atoms with E-state index in [2.05, 4.69) is 27.4 Å². The molecule has 2 rings (SSSR count). The molecule has 0 aliphatic rings. The summed E-state index contributed by atoms with van der Waals surface area (Å²) >= 11 is 5.07. The lowest BCUT2D eigenvalue weighted by molar-refractivity contribution is 0.0943. The van der Waals surface area contributed by atoms with Crippen LogP contribution in [-0.2, 0) is 6.54 Å². The molecule has 3 nitrogen and oxygen atoms in total. The van der Waals surface area contributed by atoms with Crippen LogP contribution in [0.15, 0.2) is 39.5 Å². The van der Waals surface area contributed by atoms with Crippen LogP contribution in [-0.4, -0.2) is 31.4 Å². The lowest BCUT2D eigenvalue weighted by Crippen LogP contribution is -2.25. The second kappa shape index (κ2) is 7.02. The van der Waals surface area contributed by atoms with Crippen LogP contribution >= 0.6 is 27.3 Å². The highest BCUT2D eigenvalue weighted by Crippen LogP contribution is 2.25. The maximum absolute atomic E-state index is 12.2. The van der Waals surface area contributed by atoms with Gasteiger partial charge in [-0.05, 0) is 63.6 Å². The average molecular weight is 354 g/mol. The maximum atomic E-state index is 12.2. The van der Waals surface area contributed by atoms with Gasteiger partial charge in [0.25, 0.3) is 0 Å². The number of hydrogen-bond donors (Lipinski definition) is 0. The summed E-state index contributed by atoms with van der Waals surface area (Å²) in [7, 11) is 3.56. The zero-order chi connectivity index (χ0) is 14.5. The van der Waals surface area contributed by atoms with Gasteiger partial charge in [-0.3, -0.25) is 9.69 Å². The molecule has 5 heteroatoms. The number of thiophene rings is 1. The topological polar surface area (TPSA) is 29.5 Å². The minimum Gasteiger partial charge on any atom is -0.496 e. The van der Waals surface area contributed by atoms with Crippen LogP contribution in [0, 0.1) is 0 Å². The van der Waals surface area contributed by atoms with E-state index >= 15 is 0 Å². The first-order valence-electron chi connectivity index (χ1n) is 6.16. The van der Waals surface area contributed by atoms with E-state index in [4.69, 9.17) is 4.74 Å². The molecule has 0 saturated carbocycles. The highest BCUT2D eigenvalue weighted by Gasteiger charge is 2.12. The first-order chi connectivity index (χ1) is 9.60. The van der Waals surface area contributed by atoms with Gasteiger partial charge in [0.2, 0.25) is 0 Å². The Balaban J connectivity index is 1.99. The molecule has 0 bridgehead atoms. The van der Waals surface area contributed by atoms with E-state index in [1.807, 2.05) is 17.3 Å². The SMILES string of the molecule is COc1ccc(C(=O)CN(C)Cc2ccsc2)cc1Br. The third-order valence-electron chi connectivity index (χ3n) is 2.92. The summed E-state index contributed by atoms with van der Waals surface area (Å²) in [6.07, 6.45) is 0. The Morgan fingerprint density at radius 1 is 1.40 bits per heavy atom. The Morgan fingerprint density at radius 3 is 2.80 bits per heavy atom. The molecule has 106 valence electrons. The molecule has 0 spiro atoms. The summed E-state index contributed by atoms with van der Waals surface area (Å²) in [5.41, 5.74) is 1.93. The van der Waals surface area contributed by atoms with Crippen molar-refractivity contribution in [2.45, 2.75) is 6.54 Å². The van der Waals surface area contributed by atoms with Gasteiger partial charge in [0.1, 0.15) is 5.75 Å². The molecule has 0 unspecified atom stereocenters. The number of hydrogen-bond acceptors (Lipinski definition) is 4. The van der Waals surface area contributed by atoms with E-state index in [0.717, 1.165) is 16.8 Å². The molecule has 0 saturated heterocycles. The maximum Gasteiger partial charge on any atom is 0.176 e. The monoisotopic (exact) mass is 353 g/mol. The van der Waals surface area contributed by atoms with Gasteiger partial charge < -0.3 is 4.74 Å². The molecule has 2 aromatic rings. The molecule has 0 fully saturated rings. The molecule has 1 aromatic heterocycles. The number of ether oxygens (including phenoxy) is 1. The number of likely N-dealkylation sites (N-methyl/N-ethyl adjacent to an activating group) is 1. The second-order valence-corrected chi connectivity index (χ2v) is 6.21. The predicted molar refractivity (Wildman–Crippen MR) is 85.7 cm³/mol. The Bertz CT molecular complexity index is 584. The van der Waals surface area contributed by atoms with Gasteiger partial charge in [0.15, 0.2) is 5.78 Å². The molecular weight excluding hydrogens is 338 g/mol. The van der Waals surface area contributed by atoms with Crippen LogP contribution in [0.3, 0.4) is 0 Å². The van der Waals surface area contributed by atoms with Crippen molar-refractivity contribution < 1.29 is 9.53 Å². The lowest BCUT2D eigenvalue weighted by atomic mass is 10.1. The zero-order valence-electron chi connectivity index (χ0n) is 11.4. The number of nitrogens with zero attached hydrogens (tertiary/aromatic N) is 1. The van der Waals surface area contributed by atoms with E-state index < -0.39 is 0 Å². The number of methoxy groups -OCH3 is 1. The number of benzene rings is 1. The summed E-state index contributed by atoms with van der Waals surface area (Å²) in [6, 6.07) is 7.48. The fraction of sp³-hybridized carbons (Fsp3) is 0.267. The van der Waals surface area contributed by atoms with Gasteiger partial charge in [-0.1, -0.05) is 0 Å². The van der Waals surface area contributed by atoms with E-state index in [1.54, 1.807) is 36.6 Å². The minimum atomic E-state index is 0.103. The molecule has 0 N–H and O–H groups in total. The van der Waals surface area contributed by atoms with Gasteiger partial charge in [-0.25, -0.2) is 0 Å². The highest BCUT2D eigenvalue weighted by atomic mass is 79.9. The Morgan fingerprint density at radius 2 is 2.20 bits per heavy atom. The number of Topliss-reactive ketones (excluding diaryl/α,β-unsaturated/α-hetero) is 1. The Labute approximate surface area is 131 Å². The number of carbonyl (C=O) groups excluding carboxylic acids is 1. The summed E-state index contributed by atoms with van der Waals surface area (Å²) < 4.78 is 5.96. The standard InChI is InChI=1S/C15H16BrNO2S/c1-17(8-11-5-6-20-10-11)9-14(18)12-3-4-15(19-2)13(16)7-12/h3-7,10H,8-9H2,1-2H3. The van der Waals surface area contributed by atoms with E-state index in [9.17, 15) is 4.79 Å². The largest absolute Gasteiger partial charge is 0.496 e. The van der Waals surface area contributed by atoms with Crippen LogP contribution in [0.25, 0.3) is 0 Å². The van der Waals surface area contributed by atoms with Crippen molar-refractivity contribution in [3.05, 3.63) is 50.6 Å². The van der Waals surface area contributed by atoms with Crippen molar-refractivity contribution in [1.82, 2.24) is 4.90 Å². The number of carbonyl (C=O) groups is 1. The number of halogens is 1. The van der Waals surface area contributed by atoms with Gasteiger partial charge in [0.05, 0.1) is 18.1 Å². The molecule has 0 radical (unpaired) electrons. The van der Waals surface area contributed by atoms with Crippen LogP contribution in [0.4, 0.5) is 0 Å². The van der Waals surface area contributed by atoms with Crippen molar-refractivity contribution in [3.8, 4) is 5.75 Å². The average Bonchev–Trinajstić information content (AvgIpc) is 2.91. The summed E-state index contributed by atoms with van der Waals surface area (Å²) in [5.74, 6) is 0.833. The molecule has 20 heavy (non-hydrogen) atoms. The predicted octanol–water partition coefficient (Wildman–Crippen LogP) is 3.83. The Hall–Kier alpha value is -1.17. The van der Waals surface area contributed by atoms with Crippen molar-refractivity contribution in [2.24, 2.45) is 0 Å². The van der Waals surface area contributed by atoms with Gasteiger partial charge in [0, 0.05) is 12.1 Å². The first-order valence-corrected chi connectivity index (χ1v) is 7.90. The van der Waals surface area contributed by atoms with Crippen molar-refractivity contribution >= 4 is 33.0 Å².